The second-order valence-electron chi connectivity index (χ2n) is 5.03. The highest BCUT2D eigenvalue weighted by atomic mass is 16.4. The summed E-state index contributed by atoms with van der Waals surface area (Å²) < 4.78 is 0. The lowest BCUT2D eigenvalue weighted by molar-refractivity contribution is -0.143. The van der Waals surface area contributed by atoms with E-state index in [-0.39, 0.29) is 12.3 Å². The van der Waals surface area contributed by atoms with Crippen LogP contribution in [0.15, 0.2) is 24.3 Å². The van der Waals surface area contributed by atoms with E-state index in [1.54, 1.807) is 24.3 Å². The molecule has 0 spiro atoms. The summed E-state index contributed by atoms with van der Waals surface area (Å²) in [6.07, 6.45) is 1.17. The molecule has 1 fully saturated rings. The van der Waals surface area contributed by atoms with Crippen molar-refractivity contribution in [2.24, 2.45) is 5.41 Å². The van der Waals surface area contributed by atoms with E-state index in [1.165, 1.54) is 6.92 Å². The average Bonchev–Trinajstić information content (AvgIpc) is 3.18. The number of benzene rings is 1. The van der Waals surface area contributed by atoms with Gasteiger partial charge in [0.05, 0.1) is 5.41 Å². The van der Waals surface area contributed by atoms with Gasteiger partial charge in [-0.05, 0) is 31.9 Å². The van der Waals surface area contributed by atoms with Crippen LogP contribution in [0.5, 0.6) is 0 Å². The molecule has 1 aromatic carbocycles. The maximum Gasteiger partial charge on any atom is 0.319 e. The normalized spacial score (nSPS) is 15.2. The second kappa shape index (κ2) is 5.32. The molecule has 1 aliphatic carbocycles. The van der Waals surface area contributed by atoms with Gasteiger partial charge in [-0.2, -0.15) is 0 Å². The summed E-state index contributed by atoms with van der Waals surface area (Å²) in [5.41, 5.74) is 0.209. The summed E-state index contributed by atoms with van der Waals surface area (Å²) >= 11 is 0. The molecule has 0 heterocycles. The van der Waals surface area contributed by atoms with E-state index in [1.807, 2.05) is 0 Å². The van der Waals surface area contributed by atoms with Crippen molar-refractivity contribution in [1.29, 1.82) is 0 Å². The Morgan fingerprint density at radius 1 is 1.30 bits per heavy atom. The van der Waals surface area contributed by atoms with Gasteiger partial charge in [-0.3, -0.25) is 9.59 Å². The number of carbonyl (C=O) groups is 3. The number of amides is 2. The third-order valence-corrected chi connectivity index (χ3v) is 3.42. The number of Topliss-reactive ketones (excluding diaryl/α,β-unsaturated/α-hetero) is 1. The van der Waals surface area contributed by atoms with E-state index in [4.69, 9.17) is 5.11 Å². The van der Waals surface area contributed by atoms with Gasteiger partial charge in [0.15, 0.2) is 5.78 Å². The minimum absolute atomic E-state index is 0.0862. The third-order valence-electron chi connectivity index (χ3n) is 3.42. The Balaban J connectivity index is 1.90. The summed E-state index contributed by atoms with van der Waals surface area (Å²) in [5.74, 6) is -0.965. The van der Waals surface area contributed by atoms with E-state index in [2.05, 4.69) is 10.6 Å². The predicted octanol–water partition coefficient (Wildman–Crippen LogP) is 1.88. The Morgan fingerprint density at radius 3 is 2.55 bits per heavy atom. The van der Waals surface area contributed by atoms with Gasteiger partial charge in [0, 0.05) is 17.8 Å². The summed E-state index contributed by atoms with van der Waals surface area (Å²) in [4.78, 5) is 33.9. The van der Waals surface area contributed by atoms with E-state index in [0.717, 1.165) is 0 Å². The number of aliphatic carboxylic acids is 1. The first-order valence-electron chi connectivity index (χ1n) is 6.32. The van der Waals surface area contributed by atoms with Gasteiger partial charge < -0.3 is 15.7 Å². The molecule has 0 bridgehead atoms. The van der Waals surface area contributed by atoms with E-state index in [0.29, 0.717) is 24.1 Å². The molecule has 20 heavy (non-hydrogen) atoms. The highest BCUT2D eigenvalue weighted by Crippen LogP contribution is 2.45. The van der Waals surface area contributed by atoms with Crippen molar-refractivity contribution in [3.63, 3.8) is 0 Å². The molecule has 6 heteroatoms. The van der Waals surface area contributed by atoms with Gasteiger partial charge in [-0.1, -0.05) is 12.1 Å². The van der Waals surface area contributed by atoms with Crippen LogP contribution in [0, 0.1) is 5.41 Å². The third kappa shape index (κ3) is 3.14. The van der Waals surface area contributed by atoms with Crippen LogP contribution in [-0.4, -0.2) is 29.4 Å². The molecule has 6 nitrogen and oxygen atoms in total. The van der Waals surface area contributed by atoms with Crippen LogP contribution in [0.1, 0.15) is 30.1 Å². The summed E-state index contributed by atoms with van der Waals surface area (Å²) in [6.45, 7) is 1.56. The minimum Gasteiger partial charge on any atom is -0.481 e. The van der Waals surface area contributed by atoms with Gasteiger partial charge in [0.1, 0.15) is 0 Å². The summed E-state index contributed by atoms with van der Waals surface area (Å²) in [6, 6.07) is 6.10. The number of carboxylic acids is 1. The number of nitrogens with one attached hydrogen (secondary N) is 2. The SMILES string of the molecule is CC(=O)c1cccc(NC(=O)NCC2(C(=O)O)CC2)c1. The molecular formula is C14H16N2O4. The van der Waals surface area contributed by atoms with Crippen molar-refractivity contribution in [2.75, 3.05) is 11.9 Å². The van der Waals surface area contributed by atoms with Crippen LogP contribution in [0.3, 0.4) is 0 Å². The molecule has 0 saturated heterocycles. The van der Waals surface area contributed by atoms with Crippen LogP contribution in [0.25, 0.3) is 0 Å². The molecule has 1 saturated carbocycles. The largest absolute Gasteiger partial charge is 0.481 e. The highest BCUT2D eigenvalue weighted by Gasteiger charge is 2.50. The van der Waals surface area contributed by atoms with Crippen LogP contribution in [0.4, 0.5) is 10.5 Å². The Morgan fingerprint density at radius 2 is 2.00 bits per heavy atom. The first-order valence-corrected chi connectivity index (χ1v) is 6.32. The molecule has 3 N–H and O–H groups in total. The molecule has 1 aliphatic rings. The van der Waals surface area contributed by atoms with Crippen LogP contribution in [-0.2, 0) is 4.79 Å². The number of carboxylic acid groups (broad SMARTS) is 1. The highest BCUT2D eigenvalue weighted by molar-refractivity contribution is 5.96. The maximum atomic E-state index is 11.7. The van der Waals surface area contributed by atoms with Crippen molar-refractivity contribution in [1.82, 2.24) is 5.32 Å². The first-order chi connectivity index (χ1) is 9.43. The Kier molecular flexibility index (Phi) is 3.74. The fraction of sp³-hybridized carbons (Fsp3) is 0.357. The Hall–Kier alpha value is -2.37. The van der Waals surface area contributed by atoms with Crippen LogP contribution in [0.2, 0.25) is 0 Å². The first kappa shape index (κ1) is 14.0. The molecular weight excluding hydrogens is 260 g/mol. The zero-order valence-corrected chi connectivity index (χ0v) is 11.1. The lowest BCUT2D eigenvalue weighted by Gasteiger charge is -2.12. The van der Waals surface area contributed by atoms with Gasteiger partial charge in [0.2, 0.25) is 0 Å². The summed E-state index contributed by atoms with van der Waals surface area (Å²) in [7, 11) is 0. The van der Waals surface area contributed by atoms with Gasteiger partial charge in [-0.15, -0.1) is 0 Å². The molecule has 0 aliphatic heterocycles. The quantitative estimate of drug-likeness (QED) is 0.715. The minimum atomic E-state index is -0.878. The fourth-order valence-corrected chi connectivity index (χ4v) is 1.86. The van der Waals surface area contributed by atoms with Gasteiger partial charge in [-0.25, -0.2) is 4.79 Å². The van der Waals surface area contributed by atoms with Crippen molar-refractivity contribution in [3.8, 4) is 0 Å². The zero-order chi connectivity index (χ0) is 14.8. The lowest BCUT2D eigenvalue weighted by atomic mass is 10.1. The van der Waals surface area contributed by atoms with E-state index >= 15 is 0 Å². The van der Waals surface area contributed by atoms with E-state index < -0.39 is 17.4 Å². The summed E-state index contributed by atoms with van der Waals surface area (Å²) in [5, 5.41) is 14.1. The Bertz CT molecular complexity index is 564. The number of anilines is 1. The van der Waals surface area contributed by atoms with Gasteiger partial charge in [0.25, 0.3) is 0 Å². The molecule has 2 rings (SSSR count). The number of ketones is 1. The predicted molar refractivity (Wildman–Crippen MR) is 72.8 cm³/mol. The molecule has 0 radical (unpaired) electrons. The fourth-order valence-electron chi connectivity index (χ4n) is 1.86. The maximum absolute atomic E-state index is 11.7. The number of hydrogen-bond acceptors (Lipinski definition) is 3. The lowest BCUT2D eigenvalue weighted by Crippen LogP contribution is -2.36. The number of urea groups is 1. The number of hydrogen-bond donors (Lipinski definition) is 3. The number of rotatable bonds is 5. The molecule has 106 valence electrons. The van der Waals surface area contributed by atoms with Crippen molar-refractivity contribution >= 4 is 23.5 Å². The molecule has 0 atom stereocenters. The topological polar surface area (TPSA) is 95.5 Å². The van der Waals surface area contributed by atoms with Gasteiger partial charge >= 0.3 is 12.0 Å². The van der Waals surface area contributed by atoms with Crippen molar-refractivity contribution in [2.45, 2.75) is 19.8 Å². The van der Waals surface area contributed by atoms with Crippen molar-refractivity contribution < 1.29 is 19.5 Å². The monoisotopic (exact) mass is 276 g/mol. The molecule has 0 aromatic heterocycles. The van der Waals surface area contributed by atoms with Crippen LogP contribution < -0.4 is 10.6 Å². The Labute approximate surface area is 116 Å². The number of carbonyl (C=O) groups excluding carboxylic acids is 2. The van der Waals surface area contributed by atoms with E-state index in [9.17, 15) is 14.4 Å². The molecule has 0 unspecified atom stereocenters. The zero-order valence-electron chi connectivity index (χ0n) is 11.1. The standard InChI is InChI=1S/C14H16N2O4/c1-9(17)10-3-2-4-11(7-10)16-13(20)15-8-14(5-6-14)12(18)19/h2-4,7H,5-6,8H2,1H3,(H,18,19)(H2,15,16,20). The molecule has 2 amide bonds. The smallest absolute Gasteiger partial charge is 0.319 e. The van der Waals surface area contributed by atoms with Crippen molar-refractivity contribution in [3.05, 3.63) is 29.8 Å². The second-order valence-corrected chi connectivity index (χ2v) is 5.03. The molecule has 1 aromatic rings. The van der Waals surface area contributed by atoms with Crippen LogP contribution >= 0.6 is 0 Å². The average molecular weight is 276 g/mol.